The number of nitrogens with zero attached hydrogens (tertiary/aromatic N) is 1. The minimum absolute atomic E-state index is 0.0300. The van der Waals surface area contributed by atoms with Gasteiger partial charge >= 0.3 is 0 Å². The number of rotatable bonds is 3. The van der Waals surface area contributed by atoms with Crippen LogP contribution in [0.1, 0.15) is 33.6 Å². The van der Waals surface area contributed by atoms with Gasteiger partial charge in [-0.2, -0.15) is 0 Å². The number of amides is 2. The third-order valence-electron chi connectivity index (χ3n) is 3.91. The van der Waals surface area contributed by atoms with E-state index < -0.39 is 17.5 Å². The van der Waals surface area contributed by atoms with E-state index in [4.69, 9.17) is 0 Å². The van der Waals surface area contributed by atoms with Gasteiger partial charge in [-0.1, -0.05) is 0 Å². The van der Waals surface area contributed by atoms with Crippen LogP contribution in [-0.2, 0) is 0 Å². The Labute approximate surface area is 138 Å². The number of hydrogen-bond donors (Lipinski definition) is 1. The van der Waals surface area contributed by atoms with Crippen LogP contribution in [0.25, 0.3) is 0 Å². The molecule has 1 fully saturated rings. The first-order chi connectivity index (χ1) is 11.5. The molecule has 2 aromatic carbocycles. The Kier molecular flexibility index (Phi) is 4.55. The molecule has 4 nitrogen and oxygen atoms in total. The zero-order valence-corrected chi connectivity index (χ0v) is 12.9. The molecule has 2 amide bonds. The zero-order chi connectivity index (χ0) is 17.1. The molecule has 0 saturated carbocycles. The van der Waals surface area contributed by atoms with Crippen LogP contribution in [0.15, 0.2) is 42.5 Å². The van der Waals surface area contributed by atoms with E-state index in [0.29, 0.717) is 17.3 Å². The van der Waals surface area contributed by atoms with Crippen molar-refractivity contribution in [1.82, 2.24) is 4.90 Å². The number of likely N-dealkylation sites (tertiary alicyclic amines) is 1. The molecule has 1 heterocycles. The highest BCUT2D eigenvalue weighted by atomic mass is 19.1. The van der Waals surface area contributed by atoms with Crippen LogP contribution < -0.4 is 5.32 Å². The van der Waals surface area contributed by atoms with Crippen LogP contribution in [0.2, 0.25) is 0 Å². The average molecular weight is 330 g/mol. The van der Waals surface area contributed by atoms with Crippen LogP contribution in [-0.4, -0.2) is 29.8 Å². The van der Waals surface area contributed by atoms with Crippen molar-refractivity contribution in [2.24, 2.45) is 0 Å². The molecule has 1 N–H and O–H groups in total. The number of nitrogens with one attached hydrogen (secondary N) is 1. The fourth-order valence-electron chi connectivity index (χ4n) is 2.69. The summed E-state index contributed by atoms with van der Waals surface area (Å²) >= 11 is 0. The van der Waals surface area contributed by atoms with E-state index >= 15 is 0 Å². The summed E-state index contributed by atoms with van der Waals surface area (Å²) in [4.78, 5) is 26.1. The highest BCUT2D eigenvalue weighted by molar-refractivity contribution is 6.04. The Morgan fingerprint density at radius 3 is 2.04 bits per heavy atom. The first kappa shape index (κ1) is 16.1. The molecule has 0 spiro atoms. The molecule has 0 radical (unpaired) electrons. The molecule has 24 heavy (non-hydrogen) atoms. The van der Waals surface area contributed by atoms with Gasteiger partial charge in [0, 0.05) is 36.0 Å². The minimum atomic E-state index is -0.813. The largest absolute Gasteiger partial charge is 0.339 e. The molecule has 0 aliphatic carbocycles. The maximum absolute atomic E-state index is 13.2. The number of carbonyl (C=O) groups excluding carboxylic acids is 2. The molecular weight excluding hydrogens is 314 g/mol. The maximum atomic E-state index is 13.2. The number of anilines is 1. The standard InChI is InChI=1S/C18H16F2N2O2/c19-14-9-13(10-15(20)11-14)17(23)21-16-5-3-12(4-6-16)18(24)22-7-1-2-8-22/h3-6,9-11H,1-2,7-8H2,(H,21,23). The second-order valence-corrected chi connectivity index (χ2v) is 5.69. The average Bonchev–Trinajstić information content (AvgIpc) is 3.08. The lowest BCUT2D eigenvalue weighted by atomic mass is 10.1. The van der Waals surface area contributed by atoms with Gasteiger partial charge in [-0.25, -0.2) is 8.78 Å². The van der Waals surface area contributed by atoms with E-state index in [1.807, 2.05) is 0 Å². The van der Waals surface area contributed by atoms with Crippen molar-refractivity contribution in [3.8, 4) is 0 Å². The van der Waals surface area contributed by atoms with Gasteiger partial charge in [0.25, 0.3) is 11.8 Å². The lowest BCUT2D eigenvalue weighted by molar-refractivity contribution is 0.0792. The SMILES string of the molecule is O=C(Nc1ccc(C(=O)N2CCCC2)cc1)c1cc(F)cc(F)c1. The lowest BCUT2D eigenvalue weighted by Gasteiger charge is -2.15. The normalized spacial score (nSPS) is 13.8. The second kappa shape index (κ2) is 6.78. The Morgan fingerprint density at radius 2 is 1.46 bits per heavy atom. The van der Waals surface area contributed by atoms with Gasteiger partial charge in [0.2, 0.25) is 0 Å². The summed E-state index contributed by atoms with van der Waals surface area (Å²) in [5.74, 6) is -2.27. The lowest BCUT2D eigenvalue weighted by Crippen LogP contribution is -2.27. The Hall–Kier alpha value is -2.76. The molecule has 0 bridgehead atoms. The van der Waals surface area contributed by atoms with Crippen molar-refractivity contribution in [1.29, 1.82) is 0 Å². The smallest absolute Gasteiger partial charge is 0.255 e. The fraction of sp³-hybridized carbons (Fsp3) is 0.222. The minimum Gasteiger partial charge on any atom is -0.339 e. The number of carbonyl (C=O) groups is 2. The molecule has 124 valence electrons. The third-order valence-corrected chi connectivity index (χ3v) is 3.91. The van der Waals surface area contributed by atoms with Crippen LogP contribution in [0.3, 0.4) is 0 Å². The predicted octanol–water partition coefficient (Wildman–Crippen LogP) is 3.45. The summed E-state index contributed by atoms with van der Waals surface area (Å²) in [6, 6.07) is 9.07. The molecule has 1 aliphatic heterocycles. The summed E-state index contributed by atoms with van der Waals surface area (Å²) in [5.41, 5.74) is 0.888. The predicted molar refractivity (Wildman–Crippen MR) is 85.9 cm³/mol. The number of halogens is 2. The zero-order valence-electron chi connectivity index (χ0n) is 12.9. The fourth-order valence-corrected chi connectivity index (χ4v) is 2.69. The third kappa shape index (κ3) is 3.59. The molecule has 0 aromatic heterocycles. The molecular formula is C18H16F2N2O2. The van der Waals surface area contributed by atoms with Crippen molar-refractivity contribution in [3.05, 3.63) is 65.2 Å². The van der Waals surface area contributed by atoms with Gasteiger partial charge in [0.15, 0.2) is 0 Å². The van der Waals surface area contributed by atoms with Crippen molar-refractivity contribution < 1.29 is 18.4 Å². The summed E-state index contributed by atoms with van der Waals surface area (Å²) < 4.78 is 26.3. The Bertz CT molecular complexity index is 749. The summed E-state index contributed by atoms with van der Waals surface area (Å²) in [6.07, 6.45) is 2.04. The Morgan fingerprint density at radius 1 is 0.875 bits per heavy atom. The van der Waals surface area contributed by atoms with Crippen molar-refractivity contribution in [2.45, 2.75) is 12.8 Å². The van der Waals surface area contributed by atoms with Gasteiger partial charge in [-0.15, -0.1) is 0 Å². The van der Waals surface area contributed by atoms with Gasteiger partial charge in [-0.3, -0.25) is 9.59 Å². The quantitative estimate of drug-likeness (QED) is 0.937. The van der Waals surface area contributed by atoms with Gasteiger partial charge in [-0.05, 0) is 49.2 Å². The molecule has 1 aliphatic rings. The molecule has 0 atom stereocenters. The van der Waals surface area contributed by atoms with Crippen molar-refractivity contribution in [3.63, 3.8) is 0 Å². The van der Waals surface area contributed by atoms with Crippen molar-refractivity contribution in [2.75, 3.05) is 18.4 Å². The van der Waals surface area contributed by atoms with E-state index in [0.717, 1.165) is 38.1 Å². The monoisotopic (exact) mass is 330 g/mol. The van der Waals surface area contributed by atoms with E-state index in [1.54, 1.807) is 29.2 Å². The van der Waals surface area contributed by atoms with E-state index in [-0.39, 0.29) is 11.5 Å². The van der Waals surface area contributed by atoms with Crippen LogP contribution >= 0.6 is 0 Å². The Balaban J connectivity index is 1.69. The van der Waals surface area contributed by atoms with Crippen LogP contribution in [0.4, 0.5) is 14.5 Å². The van der Waals surface area contributed by atoms with Gasteiger partial charge in [0.05, 0.1) is 0 Å². The highest BCUT2D eigenvalue weighted by Gasteiger charge is 2.19. The first-order valence-electron chi connectivity index (χ1n) is 7.70. The topological polar surface area (TPSA) is 49.4 Å². The molecule has 0 unspecified atom stereocenters. The highest BCUT2D eigenvalue weighted by Crippen LogP contribution is 2.16. The van der Waals surface area contributed by atoms with Crippen LogP contribution in [0.5, 0.6) is 0 Å². The summed E-state index contributed by atoms with van der Waals surface area (Å²) in [5, 5.41) is 2.55. The summed E-state index contributed by atoms with van der Waals surface area (Å²) in [7, 11) is 0. The maximum Gasteiger partial charge on any atom is 0.255 e. The van der Waals surface area contributed by atoms with E-state index in [1.165, 1.54) is 0 Å². The molecule has 2 aromatic rings. The molecule has 1 saturated heterocycles. The molecule has 6 heteroatoms. The van der Waals surface area contributed by atoms with Crippen molar-refractivity contribution >= 4 is 17.5 Å². The second-order valence-electron chi connectivity index (χ2n) is 5.69. The van der Waals surface area contributed by atoms with E-state index in [9.17, 15) is 18.4 Å². The number of benzene rings is 2. The summed E-state index contributed by atoms with van der Waals surface area (Å²) in [6.45, 7) is 1.53. The van der Waals surface area contributed by atoms with Gasteiger partial charge in [0.1, 0.15) is 11.6 Å². The molecule has 3 rings (SSSR count). The van der Waals surface area contributed by atoms with Gasteiger partial charge < -0.3 is 10.2 Å². The van der Waals surface area contributed by atoms with E-state index in [2.05, 4.69) is 5.32 Å². The van der Waals surface area contributed by atoms with Crippen LogP contribution in [0, 0.1) is 11.6 Å². The first-order valence-corrected chi connectivity index (χ1v) is 7.70. The number of hydrogen-bond acceptors (Lipinski definition) is 2.